The van der Waals surface area contributed by atoms with Crippen molar-refractivity contribution in [2.24, 2.45) is 16.5 Å². The molecule has 0 fully saturated rings. The largest absolute Gasteiger partial charge is 0.379 e. The van der Waals surface area contributed by atoms with Crippen molar-refractivity contribution in [3.8, 4) is 0 Å². The lowest BCUT2D eigenvalue weighted by Gasteiger charge is -1.94. The maximum atomic E-state index is 10.4. The Hall–Kier alpha value is -0.710. The molecule has 0 saturated carbocycles. The number of hydrogen-bond acceptors (Lipinski definition) is 4. The monoisotopic (exact) mass is 145 g/mol. The molecule has 0 aliphatic carbocycles. The van der Waals surface area contributed by atoms with Crippen LogP contribution in [-0.2, 0) is 4.79 Å². The average molecular weight is 145 g/mol. The molecule has 50 valence electrons. The molecular weight excluding hydrogens is 138 g/mol. The molecule has 1 amide bonds. The summed E-state index contributed by atoms with van der Waals surface area (Å²) in [5.41, 5.74) is 10.2. The van der Waals surface area contributed by atoms with Gasteiger partial charge in [-0.1, -0.05) is 11.8 Å². The zero-order valence-electron chi connectivity index (χ0n) is 4.70. The van der Waals surface area contributed by atoms with Gasteiger partial charge in [-0.3, -0.25) is 4.79 Å². The fraction of sp³-hybridized carbons (Fsp3) is 0.500. The summed E-state index contributed by atoms with van der Waals surface area (Å²) in [4.78, 5) is 14.2. The molecule has 1 aliphatic heterocycles. The van der Waals surface area contributed by atoms with Gasteiger partial charge in [-0.2, -0.15) is 0 Å². The molecule has 0 aromatic heterocycles. The van der Waals surface area contributed by atoms with Gasteiger partial charge in [0, 0.05) is 5.75 Å². The number of rotatable bonds is 1. The third kappa shape index (κ3) is 1.35. The van der Waals surface area contributed by atoms with E-state index in [0.29, 0.717) is 10.9 Å². The lowest BCUT2D eigenvalue weighted by molar-refractivity contribution is -0.118. The molecule has 0 bridgehead atoms. The van der Waals surface area contributed by atoms with Crippen molar-refractivity contribution in [3.05, 3.63) is 0 Å². The fourth-order valence-electron chi connectivity index (χ4n) is 0.538. The first-order valence-corrected chi connectivity index (χ1v) is 3.44. The van der Waals surface area contributed by atoms with Crippen LogP contribution in [0.15, 0.2) is 4.99 Å². The van der Waals surface area contributed by atoms with Crippen LogP contribution in [0.2, 0.25) is 0 Å². The van der Waals surface area contributed by atoms with Crippen LogP contribution in [0.4, 0.5) is 0 Å². The van der Waals surface area contributed by atoms with Gasteiger partial charge in [-0.15, -0.1) is 0 Å². The minimum atomic E-state index is -0.400. The molecule has 4 N–H and O–H groups in total. The Kier molecular flexibility index (Phi) is 1.61. The molecule has 0 saturated heterocycles. The Labute approximate surface area is 56.7 Å². The van der Waals surface area contributed by atoms with Gasteiger partial charge >= 0.3 is 0 Å². The van der Waals surface area contributed by atoms with E-state index < -0.39 is 11.9 Å². The minimum Gasteiger partial charge on any atom is -0.379 e. The normalized spacial score (nSPS) is 25.8. The number of thioether (sulfide) groups is 1. The van der Waals surface area contributed by atoms with Crippen molar-refractivity contribution in [3.63, 3.8) is 0 Å². The van der Waals surface area contributed by atoms with Gasteiger partial charge in [0.15, 0.2) is 5.17 Å². The molecule has 1 heterocycles. The second-order valence-corrected chi connectivity index (χ2v) is 2.74. The standard InChI is InChI=1S/C4H7N3OS/c5-3(8)2-1-9-4(6)7-2/h2H,1H2,(H2,5,8)(H2,6,7). The molecule has 4 nitrogen and oxygen atoms in total. The predicted molar refractivity (Wildman–Crippen MR) is 37.1 cm³/mol. The summed E-state index contributed by atoms with van der Waals surface area (Å²) in [6.07, 6.45) is 0. The van der Waals surface area contributed by atoms with Crippen LogP contribution < -0.4 is 11.5 Å². The summed E-state index contributed by atoms with van der Waals surface area (Å²) in [5.74, 6) is 0.198. The molecule has 0 radical (unpaired) electrons. The number of nitrogens with zero attached hydrogens (tertiary/aromatic N) is 1. The van der Waals surface area contributed by atoms with Crippen LogP contribution in [0, 0.1) is 0 Å². The minimum absolute atomic E-state index is 0.394. The number of amidine groups is 1. The molecular formula is C4H7N3OS. The highest BCUT2D eigenvalue weighted by molar-refractivity contribution is 8.14. The summed E-state index contributed by atoms with van der Waals surface area (Å²) in [7, 11) is 0. The van der Waals surface area contributed by atoms with E-state index in [2.05, 4.69) is 4.99 Å². The topological polar surface area (TPSA) is 81.5 Å². The van der Waals surface area contributed by atoms with Crippen molar-refractivity contribution in [2.75, 3.05) is 5.75 Å². The maximum absolute atomic E-state index is 10.4. The number of nitrogens with two attached hydrogens (primary N) is 2. The SMILES string of the molecule is NC(=O)C1CSC(N)=N1. The van der Waals surface area contributed by atoms with E-state index in [0.717, 1.165) is 0 Å². The van der Waals surface area contributed by atoms with Gasteiger partial charge in [0.2, 0.25) is 5.91 Å². The highest BCUT2D eigenvalue weighted by atomic mass is 32.2. The molecule has 0 spiro atoms. The first-order valence-electron chi connectivity index (χ1n) is 2.45. The Balaban J connectivity index is 2.57. The highest BCUT2D eigenvalue weighted by Gasteiger charge is 2.20. The molecule has 9 heavy (non-hydrogen) atoms. The summed E-state index contributed by atoms with van der Waals surface area (Å²) in [6.45, 7) is 0. The number of aliphatic imine (C=N–C) groups is 1. The summed E-state index contributed by atoms with van der Waals surface area (Å²) < 4.78 is 0. The Morgan fingerprint density at radius 2 is 2.56 bits per heavy atom. The van der Waals surface area contributed by atoms with Crippen LogP contribution in [0.1, 0.15) is 0 Å². The fourth-order valence-corrected chi connectivity index (χ4v) is 1.31. The summed E-state index contributed by atoms with van der Waals surface area (Å²) in [6, 6.07) is -0.394. The third-order valence-electron chi connectivity index (χ3n) is 1.00. The van der Waals surface area contributed by atoms with Crippen molar-refractivity contribution >= 4 is 22.8 Å². The van der Waals surface area contributed by atoms with Crippen LogP contribution in [0.5, 0.6) is 0 Å². The number of hydrogen-bond donors (Lipinski definition) is 2. The number of amides is 1. The molecule has 1 unspecified atom stereocenters. The highest BCUT2D eigenvalue weighted by Crippen LogP contribution is 2.13. The van der Waals surface area contributed by atoms with Gasteiger partial charge in [0.05, 0.1) is 0 Å². The van der Waals surface area contributed by atoms with Gasteiger partial charge < -0.3 is 11.5 Å². The lowest BCUT2D eigenvalue weighted by atomic mass is 10.3. The van der Waals surface area contributed by atoms with E-state index in [-0.39, 0.29) is 0 Å². The second kappa shape index (κ2) is 2.26. The quantitative estimate of drug-likeness (QED) is 0.491. The molecule has 1 atom stereocenters. The van der Waals surface area contributed by atoms with Crippen LogP contribution >= 0.6 is 11.8 Å². The van der Waals surface area contributed by atoms with Crippen LogP contribution in [-0.4, -0.2) is 22.9 Å². The van der Waals surface area contributed by atoms with Crippen molar-refractivity contribution in [1.29, 1.82) is 0 Å². The van der Waals surface area contributed by atoms with Crippen molar-refractivity contribution < 1.29 is 4.79 Å². The Bertz CT molecular complexity index is 167. The first kappa shape index (κ1) is 6.41. The second-order valence-electron chi connectivity index (χ2n) is 1.70. The number of primary amides is 1. The van der Waals surface area contributed by atoms with E-state index in [1.807, 2.05) is 0 Å². The van der Waals surface area contributed by atoms with Gasteiger partial charge in [-0.25, -0.2) is 4.99 Å². The van der Waals surface area contributed by atoms with E-state index in [4.69, 9.17) is 11.5 Å². The van der Waals surface area contributed by atoms with E-state index >= 15 is 0 Å². The van der Waals surface area contributed by atoms with E-state index in [1.165, 1.54) is 11.8 Å². The van der Waals surface area contributed by atoms with Gasteiger partial charge in [0.1, 0.15) is 6.04 Å². The third-order valence-corrected chi connectivity index (χ3v) is 1.88. The number of carbonyl (C=O) groups is 1. The number of carbonyl (C=O) groups excluding carboxylic acids is 1. The molecule has 5 heteroatoms. The zero-order chi connectivity index (χ0) is 6.85. The van der Waals surface area contributed by atoms with Gasteiger partial charge in [0.25, 0.3) is 0 Å². The zero-order valence-corrected chi connectivity index (χ0v) is 5.52. The average Bonchev–Trinajstić information content (AvgIpc) is 2.14. The maximum Gasteiger partial charge on any atom is 0.243 e. The van der Waals surface area contributed by atoms with Crippen LogP contribution in [0.3, 0.4) is 0 Å². The van der Waals surface area contributed by atoms with Gasteiger partial charge in [-0.05, 0) is 0 Å². The molecule has 0 aromatic rings. The van der Waals surface area contributed by atoms with E-state index in [1.54, 1.807) is 0 Å². The summed E-state index contributed by atoms with van der Waals surface area (Å²) >= 11 is 1.36. The summed E-state index contributed by atoms with van der Waals surface area (Å²) in [5, 5.41) is 0.457. The van der Waals surface area contributed by atoms with E-state index in [9.17, 15) is 4.79 Å². The smallest absolute Gasteiger partial charge is 0.243 e. The predicted octanol–water partition coefficient (Wildman–Crippen LogP) is -1.10. The molecule has 0 aromatic carbocycles. The molecule has 1 rings (SSSR count). The molecule has 1 aliphatic rings. The first-order chi connectivity index (χ1) is 4.20. The van der Waals surface area contributed by atoms with Crippen LogP contribution in [0.25, 0.3) is 0 Å². The van der Waals surface area contributed by atoms with Crippen molar-refractivity contribution in [1.82, 2.24) is 0 Å². The Morgan fingerprint density at radius 3 is 2.78 bits per heavy atom. The lowest BCUT2D eigenvalue weighted by Crippen LogP contribution is -2.26. The van der Waals surface area contributed by atoms with Crippen molar-refractivity contribution in [2.45, 2.75) is 6.04 Å². The Morgan fingerprint density at radius 1 is 1.89 bits per heavy atom.